The van der Waals surface area contributed by atoms with Gasteiger partial charge in [-0.1, -0.05) is 24.3 Å². The lowest BCUT2D eigenvalue weighted by Gasteiger charge is -2.44. The normalized spacial score (nSPS) is 17.4. The number of hydrogen-bond donors (Lipinski definition) is 1. The summed E-state index contributed by atoms with van der Waals surface area (Å²) in [6, 6.07) is 10.1. The summed E-state index contributed by atoms with van der Waals surface area (Å²) in [4.78, 5) is 21.2. The van der Waals surface area contributed by atoms with Gasteiger partial charge in [-0.25, -0.2) is 9.37 Å². The molecule has 0 saturated carbocycles. The highest BCUT2D eigenvalue weighted by Crippen LogP contribution is 2.36. The molecule has 0 bridgehead atoms. The number of carbonyl (C=O) groups excluding carboxylic acids is 1. The van der Waals surface area contributed by atoms with Gasteiger partial charge in [0.25, 0.3) is 0 Å². The maximum absolute atomic E-state index is 13.7. The lowest BCUT2D eigenvalue weighted by Crippen LogP contribution is -2.63. The van der Waals surface area contributed by atoms with Gasteiger partial charge in [0, 0.05) is 52.1 Å². The Balaban J connectivity index is 0.00000160. The summed E-state index contributed by atoms with van der Waals surface area (Å²) in [5.41, 5.74) is 1.93. The second-order valence-corrected chi connectivity index (χ2v) is 7.65. The molecule has 1 aromatic heterocycles. The number of carbonyl (C=O) groups is 1. The molecule has 0 atom stereocenters. The quantitative estimate of drug-likeness (QED) is 0.715. The van der Waals surface area contributed by atoms with Crippen LogP contribution < -0.4 is 5.32 Å². The molecule has 0 unspecified atom stereocenters. The average Bonchev–Trinajstić information content (AvgIpc) is 3.08. The molecule has 2 heterocycles. The van der Waals surface area contributed by atoms with E-state index in [0.717, 1.165) is 32.2 Å². The Bertz CT molecular complexity index is 848. The number of rotatable bonds is 4. The number of nitrogens with one attached hydrogen (secondary N) is 1. The summed E-state index contributed by atoms with van der Waals surface area (Å²) in [6.07, 6.45) is 1.30. The Morgan fingerprint density at radius 1 is 1.13 bits per heavy atom. The van der Waals surface area contributed by atoms with Crippen LogP contribution in [0.1, 0.15) is 16.8 Å². The van der Waals surface area contributed by atoms with E-state index < -0.39 is 17.3 Å². The van der Waals surface area contributed by atoms with E-state index in [-0.39, 0.29) is 43.0 Å². The molecule has 0 radical (unpaired) electrons. The van der Waals surface area contributed by atoms with Gasteiger partial charge in [-0.05, 0) is 17.2 Å². The molecule has 9 heteroatoms. The molecular weight excluding hydrogens is 433 g/mol. The summed E-state index contributed by atoms with van der Waals surface area (Å²) >= 11 is 0. The molecule has 1 aliphatic heterocycles. The molecule has 1 saturated heterocycles. The number of piperazine rings is 1. The number of likely N-dealkylation sites (N-methyl/N-ethyl adjacent to an activating group) is 1. The molecule has 1 amide bonds. The average molecular weight is 459 g/mol. The van der Waals surface area contributed by atoms with Crippen LogP contribution in [0.3, 0.4) is 0 Å². The van der Waals surface area contributed by atoms with Crippen LogP contribution in [0, 0.1) is 11.8 Å². The zero-order chi connectivity index (χ0) is 19.7. The van der Waals surface area contributed by atoms with Crippen molar-refractivity contribution in [1.29, 1.82) is 0 Å². The first-order chi connectivity index (χ1) is 13.5. The molecule has 164 valence electrons. The number of nitrogens with zero attached hydrogens (tertiary/aromatic N) is 3. The third-order valence-electron chi connectivity index (χ3n) is 5.76. The number of halogens is 4. The Labute approximate surface area is 187 Å². The van der Waals surface area contributed by atoms with E-state index in [1.165, 1.54) is 17.2 Å². The summed E-state index contributed by atoms with van der Waals surface area (Å²) < 4.78 is 27.0. The van der Waals surface area contributed by atoms with Crippen LogP contribution in [0.15, 0.2) is 36.4 Å². The van der Waals surface area contributed by atoms with Crippen LogP contribution >= 0.6 is 24.8 Å². The first kappa shape index (κ1) is 24.5. The van der Waals surface area contributed by atoms with E-state index in [4.69, 9.17) is 0 Å². The van der Waals surface area contributed by atoms with Crippen molar-refractivity contribution in [3.8, 4) is 0 Å². The summed E-state index contributed by atoms with van der Waals surface area (Å²) in [7, 11) is 1.68. The first-order valence-corrected chi connectivity index (χ1v) is 9.58. The molecule has 1 fully saturated rings. The molecule has 1 N–H and O–H groups in total. The van der Waals surface area contributed by atoms with Gasteiger partial charge in [0.1, 0.15) is 11.4 Å². The smallest absolute Gasteiger partial charge is 0.243 e. The Hall–Kier alpha value is -1.80. The zero-order valence-corrected chi connectivity index (χ0v) is 18.4. The van der Waals surface area contributed by atoms with Crippen molar-refractivity contribution >= 4 is 30.7 Å². The molecule has 2 aliphatic rings. The van der Waals surface area contributed by atoms with Gasteiger partial charge >= 0.3 is 0 Å². The first-order valence-electron chi connectivity index (χ1n) is 9.58. The number of aromatic nitrogens is 1. The van der Waals surface area contributed by atoms with Gasteiger partial charge in [0.2, 0.25) is 11.9 Å². The van der Waals surface area contributed by atoms with Crippen LogP contribution in [0.2, 0.25) is 0 Å². The van der Waals surface area contributed by atoms with E-state index in [2.05, 4.69) is 27.3 Å². The van der Waals surface area contributed by atoms with E-state index >= 15 is 0 Å². The topological polar surface area (TPSA) is 48.5 Å². The molecule has 30 heavy (non-hydrogen) atoms. The maximum Gasteiger partial charge on any atom is 0.243 e. The van der Waals surface area contributed by atoms with Crippen LogP contribution in [0.25, 0.3) is 0 Å². The van der Waals surface area contributed by atoms with Crippen molar-refractivity contribution < 1.29 is 13.6 Å². The van der Waals surface area contributed by atoms with E-state index in [9.17, 15) is 13.6 Å². The summed E-state index contributed by atoms with van der Waals surface area (Å²) in [6.45, 7) is 3.33. The van der Waals surface area contributed by atoms with Gasteiger partial charge in [-0.2, -0.15) is 4.39 Å². The van der Waals surface area contributed by atoms with Gasteiger partial charge in [-0.15, -0.1) is 24.8 Å². The third-order valence-corrected chi connectivity index (χ3v) is 5.76. The summed E-state index contributed by atoms with van der Waals surface area (Å²) in [5, 5.41) is 3.34. The highest BCUT2D eigenvalue weighted by Gasteiger charge is 2.49. The predicted octanol–water partition coefficient (Wildman–Crippen LogP) is 2.60. The lowest BCUT2D eigenvalue weighted by molar-refractivity contribution is -0.144. The van der Waals surface area contributed by atoms with Crippen LogP contribution in [0.4, 0.5) is 8.78 Å². The van der Waals surface area contributed by atoms with Crippen molar-refractivity contribution in [3.63, 3.8) is 0 Å². The maximum atomic E-state index is 13.7. The zero-order valence-electron chi connectivity index (χ0n) is 16.7. The largest absolute Gasteiger partial charge is 0.338 e. The lowest BCUT2D eigenvalue weighted by atomic mass is 9.90. The fourth-order valence-corrected chi connectivity index (χ4v) is 4.47. The van der Waals surface area contributed by atoms with Crippen molar-refractivity contribution in [2.45, 2.75) is 24.9 Å². The minimum atomic E-state index is -0.874. The molecule has 4 rings (SSSR count). The SMILES string of the molecule is CN(Cc1cc(F)cc(F)n1)C(=O)C1(N2CCNCC2)Cc2ccccc2C1.Cl.Cl. The Morgan fingerprint density at radius 3 is 2.30 bits per heavy atom. The molecular formula is C21H26Cl2F2N4O. The summed E-state index contributed by atoms with van der Waals surface area (Å²) in [5.74, 6) is -1.59. The number of benzene rings is 1. The highest BCUT2D eigenvalue weighted by atomic mass is 35.5. The molecule has 1 aromatic carbocycles. The predicted molar refractivity (Wildman–Crippen MR) is 116 cm³/mol. The van der Waals surface area contributed by atoms with Gasteiger partial charge in [-0.3, -0.25) is 9.69 Å². The third kappa shape index (κ3) is 4.75. The second-order valence-electron chi connectivity index (χ2n) is 7.65. The number of amides is 1. The van der Waals surface area contributed by atoms with Crippen molar-refractivity contribution in [2.75, 3.05) is 33.2 Å². The highest BCUT2D eigenvalue weighted by molar-refractivity contribution is 5.88. The molecule has 2 aromatic rings. The van der Waals surface area contributed by atoms with Gasteiger partial charge < -0.3 is 10.2 Å². The number of hydrogen-bond acceptors (Lipinski definition) is 4. The molecule has 5 nitrogen and oxygen atoms in total. The standard InChI is InChI=1S/C21H24F2N4O.2ClH/c1-26(14-18-10-17(22)11-19(23)25-18)20(28)21(27-8-6-24-7-9-27)12-15-4-2-3-5-16(15)13-21;;/h2-5,10-11,24H,6-9,12-14H2,1H3;2*1H. The Kier molecular flexibility index (Phi) is 8.16. The number of fused-ring (bicyclic) bond motifs is 1. The van der Waals surface area contributed by atoms with Crippen LogP contribution in [-0.2, 0) is 24.2 Å². The Morgan fingerprint density at radius 2 is 1.73 bits per heavy atom. The fourth-order valence-electron chi connectivity index (χ4n) is 4.47. The van der Waals surface area contributed by atoms with Crippen molar-refractivity contribution in [1.82, 2.24) is 20.1 Å². The van der Waals surface area contributed by atoms with E-state index in [0.29, 0.717) is 12.8 Å². The van der Waals surface area contributed by atoms with Gasteiger partial charge in [0.15, 0.2) is 0 Å². The van der Waals surface area contributed by atoms with E-state index in [1.807, 2.05) is 12.1 Å². The van der Waals surface area contributed by atoms with Crippen molar-refractivity contribution in [2.24, 2.45) is 0 Å². The molecule has 1 aliphatic carbocycles. The minimum absolute atomic E-state index is 0. The minimum Gasteiger partial charge on any atom is -0.338 e. The fraction of sp³-hybridized carbons (Fsp3) is 0.429. The van der Waals surface area contributed by atoms with Gasteiger partial charge in [0.05, 0.1) is 12.2 Å². The monoisotopic (exact) mass is 458 g/mol. The van der Waals surface area contributed by atoms with Crippen molar-refractivity contribution in [3.05, 3.63) is 65.0 Å². The number of pyridine rings is 1. The molecule has 0 spiro atoms. The van der Waals surface area contributed by atoms with E-state index in [1.54, 1.807) is 11.9 Å². The van der Waals surface area contributed by atoms with Crippen LogP contribution in [0.5, 0.6) is 0 Å². The van der Waals surface area contributed by atoms with Crippen LogP contribution in [-0.4, -0.2) is 59.5 Å². The second kappa shape index (κ2) is 10.0.